The molecule has 0 unspecified atom stereocenters. The molecule has 1 N–H and O–H groups in total. The fourth-order valence-corrected chi connectivity index (χ4v) is 2.29. The number of rotatable bonds is 7. The molecule has 7 heteroatoms. The first-order chi connectivity index (χ1) is 10.3. The second-order valence-electron chi connectivity index (χ2n) is 4.66. The molecule has 118 valence electrons. The van der Waals surface area contributed by atoms with Gasteiger partial charge in [0.05, 0.1) is 6.42 Å². The Labute approximate surface area is 130 Å². The van der Waals surface area contributed by atoms with Crippen molar-refractivity contribution < 1.29 is 17.9 Å². The number of aryl methyl sites for hydroxylation is 1. The summed E-state index contributed by atoms with van der Waals surface area (Å²) in [7, 11) is -3.62. The van der Waals surface area contributed by atoms with Crippen LogP contribution in [0.2, 0.25) is 0 Å². The third kappa shape index (κ3) is 7.02. The van der Waals surface area contributed by atoms with Crippen LogP contribution in [0, 0.1) is 18.3 Å². The summed E-state index contributed by atoms with van der Waals surface area (Å²) in [6.07, 6.45) is 0.493. The summed E-state index contributed by atoms with van der Waals surface area (Å²) in [4.78, 5) is 11.3. The summed E-state index contributed by atoms with van der Waals surface area (Å²) in [6.45, 7) is 3.29. The lowest BCUT2D eigenvalue weighted by molar-refractivity contribution is -0.145. The third-order valence-corrected chi connectivity index (χ3v) is 3.74. The van der Waals surface area contributed by atoms with E-state index in [1.165, 1.54) is 13.0 Å². The molecule has 0 saturated heterocycles. The maximum absolute atomic E-state index is 11.7. The maximum Gasteiger partial charge on any atom is 0.308 e. The predicted octanol–water partition coefficient (Wildman–Crippen LogP) is 1.73. The third-order valence-electron chi connectivity index (χ3n) is 2.64. The highest BCUT2D eigenvalue weighted by Crippen LogP contribution is 2.06. The second kappa shape index (κ2) is 8.32. The zero-order chi connectivity index (χ0) is 16.6. The number of sulfonamides is 1. The van der Waals surface area contributed by atoms with E-state index < -0.39 is 22.1 Å². The van der Waals surface area contributed by atoms with E-state index in [0.717, 1.165) is 16.5 Å². The molecule has 22 heavy (non-hydrogen) atoms. The van der Waals surface area contributed by atoms with Crippen LogP contribution >= 0.6 is 0 Å². The zero-order valence-corrected chi connectivity index (χ0v) is 13.3. The molecule has 1 rings (SSSR count). The molecule has 0 amide bonds. The van der Waals surface area contributed by atoms with Crippen LogP contribution in [0.1, 0.15) is 24.5 Å². The predicted molar refractivity (Wildman–Crippen MR) is 82.9 cm³/mol. The van der Waals surface area contributed by atoms with Gasteiger partial charge < -0.3 is 4.74 Å². The van der Waals surface area contributed by atoms with E-state index in [1.807, 2.05) is 31.2 Å². The van der Waals surface area contributed by atoms with Crippen LogP contribution in [0.15, 0.2) is 29.7 Å². The average molecular weight is 322 g/mol. The van der Waals surface area contributed by atoms with Gasteiger partial charge in [-0.2, -0.15) is 5.26 Å². The molecule has 0 heterocycles. The fraction of sp³-hybridized carbons (Fsp3) is 0.333. The molecular weight excluding hydrogens is 304 g/mol. The summed E-state index contributed by atoms with van der Waals surface area (Å²) >= 11 is 0. The zero-order valence-electron chi connectivity index (χ0n) is 12.4. The lowest BCUT2D eigenvalue weighted by Gasteiger charge is -2.06. The molecule has 0 aliphatic carbocycles. The molecule has 1 atom stereocenters. The largest absolute Gasteiger partial charge is 0.447 e. The number of carbonyl (C=O) groups is 1. The van der Waals surface area contributed by atoms with Crippen LogP contribution in [0.3, 0.4) is 0 Å². The van der Waals surface area contributed by atoms with Crippen LogP contribution in [-0.4, -0.2) is 27.0 Å². The van der Waals surface area contributed by atoms with Crippen LogP contribution in [0.4, 0.5) is 0 Å². The minimum Gasteiger partial charge on any atom is -0.447 e. The number of nitriles is 1. The fourth-order valence-electron chi connectivity index (χ4n) is 1.47. The number of ether oxygens (including phenoxy) is 1. The Kier molecular flexibility index (Phi) is 6.76. The SMILES string of the molecule is Cc1ccc(/C=C/S(=O)(=O)NCCC(=O)O[C@@H](C)C#N)cc1. The Morgan fingerprint density at radius 2 is 2.05 bits per heavy atom. The number of hydrogen-bond donors (Lipinski definition) is 1. The summed E-state index contributed by atoms with van der Waals surface area (Å²) < 4.78 is 30.4. The Hall–Kier alpha value is -2.17. The average Bonchev–Trinajstić information content (AvgIpc) is 2.46. The van der Waals surface area contributed by atoms with Gasteiger partial charge in [0.2, 0.25) is 10.0 Å². The van der Waals surface area contributed by atoms with Crippen LogP contribution in [0.5, 0.6) is 0 Å². The molecule has 0 bridgehead atoms. The Bertz CT molecular complexity index is 672. The van der Waals surface area contributed by atoms with Crippen LogP contribution in [0.25, 0.3) is 6.08 Å². The minimum atomic E-state index is -3.62. The van der Waals surface area contributed by atoms with Gasteiger partial charge in [-0.25, -0.2) is 13.1 Å². The summed E-state index contributed by atoms with van der Waals surface area (Å²) in [5.74, 6) is -0.626. The van der Waals surface area contributed by atoms with E-state index in [9.17, 15) is 13.2 Å². The highest BCUT2D eigenvalue weighted by Gasteiger charge is 2.10. The molecule has 0 spiro atoms. The monoisotopic (exact) mass is 322 g/mol. The number of nitrogens with zero attached hydrogens (tertiary/aromatic N) is 1. The van der Waals surface area contributed by atoms with E-state index in [2.05, 4.69) is 4.72 Å². The van der Waals surface area contributed by atoms with E-state index in [-0.39, 0.29) is 13.0 Å². The van der Waals surface area contributed by atoms with Crippen LogP contribution < -0.4 is 4.72 Å². The summed E-state index contributed by atoms with van der Waals surface area (Å²) in [5, 5.41) is 9.53. The van der Waals surface area contributed by atoms with Gasteiger partial charge >= 0.3 is 5.97 Å². The highest BCUT2D eigenvalue weighted by atomic mass is 32.2. The highest BCUT2D eigenvalue weighted by molar-refractivity contribution is 7.92. The topological polar surface area (TPSA) is 96.3 Å². The van der Waals surface area contributed by atoms with Gasteiger partial charge in [0, 0.05) is 12.0 Å². The number of hydrogen-bond acceptors (Lipinski definition) is 5. The van der Waals surface area contributed by atoms with E-state index >= 15 is 0 Å². The van der Waals surface area contributed by atoms with Crippen molar-refractivity contribution in [3.05, 3.63) is 40.8 Å². The molecule has 1 aromatic rings. The van der Waals surface area contributed by atoms with Gasteiger partial charge in [0.15, 0.2) is 6.10 Å². The Morgan fingerprint density at radius 3 is 2.64 bits per heavy atom. The smallest absolute Gasteiger partial charge is 0.308 e. The molecule has 0 radical (unpaired) electrons. The lowest BCUT2D eigenvalue weighted by atomic mass is 10.2. The van der Waals surface area contributed by atoms with Crippen molar-refractivity contribution in [2.24, 2.45) is 0 Å². The Morgan fingerprint density at radius 1 is 1.41 bits per heavy atom. The van der Waals surface area contributed by atoms with Crippen LogP contribution in [-0.2, 0) is 19.6 Å². The summed E-state index contributed by atoms with van der Waals surface area (Å²) in [6, 6.07) is 9.13. The van der Waals surface area contributed by atoms with Crippen molar-refractivity contribution in [1.82, 2.24) is 4.72 Å². The number of benzene rings is 1. The first-order valence-corrected chi connectivity index (χ1v) is 8.20. The molecule has 0 aliphatic heterocycles. The van der Waals surface area contributed by atoms with Crippen molar-refractivity contribution in [2.45, 2.75) is 26.4 Å². The molecule has 0 aromatic heterocycles. The first kappa shape index (κ1) is 17.9. The second-order valence-corrected chi connectivity index (χ2v) is 6.31. The van der Waals surface area contributed by atoms with Gasteiger partial charge in [-0.05, 0) is 25.5 Å². The molecule has 0 fully saturated rings. The van der Waals surface area contributed by atoms with Crippen molar-refractivity contribution in [3.63, 3.8) is 0 Å². The van der Waals surface area contributed by atoms with E-state index in [4.69, 9.17) is 10.00 Å². The first-order valence-electron chi connectivity index (χ1n) is 6.66. The van der Waals surface area contributed by atoms with E-state index in [1.54, 1.807) is 6.07 Å². The van der Waals surface area contributed by atoms with Crippen molar-refractivity contribution in [3.8, 4) is 6.07 Å². The normalized spacial score (nSPS) is 12.8. The van der Waals surface area contributed by atoms with Gasteiger partial charge in [-0.3, -0.25) is 4.79 Å². The minimum absolute atomic E-state index is 0.0858. The van der Waals surface area contributed by atoms with E-state index in [0.29, 0.717) is 0 Å². The molecular formula is C15H18N2O4S. The quantitative estimate of drug-likeness (QED) is 0.771. The number of carbonyl (C=O) groups excluding carboxylic acids is 1. The van der Waals surface area contributed by atoms with Crippen molar-refractivity contribution >= 4 is 22.1 Å². The molecule has 0 aliphatic rings. The molecule has 1 aromatic carbocycles. The van der Waals surface area contributed by atoms with Gasteiger partial charge in [0.1, 0.15) is 6.07 Å². The van der Waals surface area contributed by atoms with Gasteiger partial charge in [-0.1, -0.05) is 29.8 Å². The Balaban J connectivity index is 2.46. The molecule has 0 saturated carbocycles. The van der Waals surface area contributed by atoms with Crippen molar-refractivity contribution in [1.29, 1.82) is 5.26 Å². The molecule has 6 nitrogen and oxygen atoms in total. The van der Waals surface area contributed by atoms with Crippen molar-refractivity contribution in [2.75, 3.05) is 6.54 Å². The summed E-state index contributed by atoms with van der Waals surface area (Å²) in [5.41, 5.74) is 1.85. The maximum atomic E-state index is 11.7. The number of nitrogens with one attached hydrogen (secondary N) is 1. The lowest BCUT2D eigenvalue weighted by Crippen LogP contribution is -2.25. The van der Waals surface area contributed by atoms with Gasteiger partial charge in [0.25, 0.3) is 0 Å². The number of esters is 1. The van der Waals surface area contributed by atoms with Gasteiger partial charge in [-0.15, -0.1) is 0 Å². The standard InChI is InChI=1S/C15H18N2O4S/c1-12-3-5-14(6-4-12)8-10-22(19,20)17-9-7-15(18)21-13(2)11-16/h3-6,8,10,13,17H,7,9H2,1-2H3/b10-8+/t13-/m0/s1.